The van der Waals surface area contributed by atoms with Gasteiger partial charge in [0.25, 0.3) is 0 Å². The van der Waals surface area contributed by atoms with Gasteiger partial charge in [-0.2, -0.15) is 0 Å². The van der Waals surface area contributed by atoms with E-state index in [0.717, 1.165) is 19.3 Å². The molecule has 1 rings (SSSR count). The molecule has 0 fully saturated rings. The van der Waals surface area contributed by atoms with Crippen LogP contribution in [0.4, 0.5) is 8.78 Å². The molecule has 0 aliphatic carbocycles. The molecule has 106 valence electrons. The fourth-order valence-corrected chi connectivity index (χ4v) is 2.45. The minimum Gasteiger partial charge on any atom is -0.204 e. The standard InChI is InChI=1S/C17H24F2/c1-5-7-11-17(4,13(3)6-2)12-14-9-8-10-15(18)16(14)19/h6,8-10H,5,7,11-12H2,1-4H3/b13-6-. The van der Waals surface area contributed by atoms with Gasteiger partial charge in [-0.1, -0.05) is 50.5 Å². The molecular formula is C17H24F2. The molecule has 1 unspecified atom stereocenters. The molecule has 0 saturated carbocycles. The Morgan fingerprint density at radius 3 is 2.58 bits per heavy atom. The molecule has 0 aliphatic heterocycles. The lowest BCUT2D eigenvalue weighted by molar-refractivity contribution is 0.341. The molecule has 1 atom stereocenters. The van der Waals surface area contributed by atoms with Gasteiger partial charge in [-0.15, -0.1) is 0 Å². The van der Waals surface area contributed by atoms with E-state index >= 15 is 0 Å². The summed E-state index contributed by atoms with van der Waals surface area (Å²) in [4.78, 5) is 0. The SMILES string of the molecule is C/C=C(/C)C(C)(CCCC)Cc1cccc(F)c1F. The summed E-state index contributed by atoms with van der Waals surface area (Å²) in [5.74, 6) is -1.46. The molecule has 0 nitrogen and oxygen atoms in total. The Morgan fingerprint density at radius 2 is 2.00 bits per heavy atom. The van der Waals surface area contributed by atoms with Crippen molar-refractivity contribution in [2.45, 2.75) is 53.4 Å². The van der Waals surface area contributed by atoms with E-state index in [2.05, 4.69) is 26.8 Å². The zero-order valence-corrected chi connectivity index (χ0v) is 12.4. The number of halogens is 2. The largest absolute Gasteiger partial charge is 0.204 e. The van der Waals surface area contributed by atoms with Crippen molar-refractivity contribution in [3.63, 3.8) is 0 Å². The van der Waals surface area contributed by atoms with Gasteiger partial charge in [0.1, 0.15) is 0 Å². The Bertz CT molecular complexity index is 449. The minimum atomic E-state index is -0.756. The van der Waals surface area contributed by atoms with Gasteiger partial charge in [-0.05, 0) is 43.7 Å². The van der Waals surface area contributed by atoms with E-state index in [1.54, 1.807) is 12.1 Å². The van der Waals surface area contributed by atoms with E-state index < -0.39 is 11.6 Å². The molecule has 0 aliphatic rings. The Labute approximate surface area is 115 Å². The third-order valence-corrected chi connectivity index (χ3v) is 4.08. The van der Waals surface area contributed by atoms with Gasteiger partial charge in [0.05, 0.1) is 0 Å². The van der Waals surface area contributed by atoms with Crippen LogP contribution in [-0.4, -0.2) is 0 Å². The van der Waals surface area contributed by atoms with Crippen LogP contribution in [0.2, 0.25) is 0 Å². The molecule has 1 aromatic rings. The van der Waals surface area contributed by atoms with Gasteiger partial charge in [-0.25, -0.2) is 8.78 Å². The highest BCUT2D eigenvalue weighted by Gasteiger charge is 2.27. The van der Waals surface area contributed by atoms with Crippen molar-refractivity contribution in [3.05, 3.63) is 47.0 Å². The average molecular weight is 266 g/mol. The molecule has 0 N–H and O–H groups in total. The first-order valence-electron chi connectivity index (χ1n) is 7.01. The van der Waals surface area contributed by atoms with Gasteiger partial charge in [-0.3, -0.25) is 0 Å². The number of rotatable bonds is 6. The minimum absolute atomic E-state index is 0.0978. The maximum atomic E-state index is 13.8. The Hall–Kier alpha value is -1.18. The summed E-state index contributed by atoms with van der Waals surface area (Å²) in [5.41, 5.74) is 1.61. The maximum absolute atomic E-state index is 13.8. The second-order valence-electron chi connectivity index (χ2n) is 5.53. The molecular weight excluding hydrogens is 242 g/mol. The zero-order chi connectivity index (χ0) is 14.5. The van der Waals surface area contributed by atoms with Crippen molar-refractivity contribution >= 4 is 0 Å². The highest BCUT2D eigenvalue weighted by atomic mass is 19.2. The number of allylic oxidation sites excluding steroid dienone is 2. The van der Waals surface area contributed by atoms with Gasteiger partial charge < -0.3 is 0 Å². The van der Waals surface area contributed by atoms with Crippen LogP contribution >= 0.6 is 0 Å². The molecule has 0 heterocycles. The third kappa shape index (κ3) is 3.89. The lowest BCUT2D eigenvalue weighted by atomic mass is 9.73. The Balaban J connectivity index is 3.04. The number of benzene rings is 1. The molecule has 2 heteroatoms. The molecule has 0 saturated heterocycles. The summed E-state index contributed by atoms with van der Waals surface area (Å²) in [5, 5.41) is 0. The molecule has 0 radical (unpaired) electrons. The van der Waals surface area contributed by atoms with E-state index in [1.165, 1.54) is 11.6 Å². The van der Waals surface area contributed by atoms with Gasteiger partial charge in [0.15, 0.2) is 11.6 Å². The molecule has 0 spiro atoms. The van der Waals surface area contributed by atoms with Crippen molar-refractivity contribution < 1.29 is 8.78 Å². The second kappa shape index (κ2) is 6.83. The van der Waals surface area contributed by atoms with E-state index in [9.17, 15) is 8.78 Å². The Morgan fingerprint density at radius 1 is 1.32 bits per heavy atom. The predicted octanol–water partition coefficient (Wildman–Crippen LogP) is 5.67. The van der Waals surface area contributed by atoms with Gasteiger partial charge >= 0.3 is 0 Å². The fourth-order valence-electron chi connectivity index (χ4n) is 2.45. The van der Waals surface area contributed by atoms with Gasteiger partial charge in [0.2, 0.25) is 0 Å². The first kappa shape index (κ1) is 15.9. The van der Waals surface area contributed by atoms with E-state index in [4.69, 9.17) is 0 Å². The smallest absolute Gasteiger partial charge is 0.162 e. The highest BCUT2D eigenvalue weighted by Crippen LogP contribution is 2.37. The monoisotopic (exact) mass is 266 g/mol. The zero-order valence-electron chi connectivity index (χ0n) is 12.4. The summed E-state index contributed by atoms with van der Waals surface area (Å²) in [6.07, 6.45) is 5.83. The normalized spacial score (nSPS) is 15.4. The lowest BCUT2D eigenvalue weighted by Gasteiger charge is -2.31. The number of hydrogen-bond donors (Lipinski definition) is 0. The molecule has 19 heavy (non-hydrogen) atoms. The molecule has 0 aromatic heterocycles. The quantitative estimate of drug-likeness (QED) is 0.582. The summed E-state index contributed by atoms with van der Waals surface area (Å²) >= 11 is 0. The van der Waals surface area contributed by atoms with Crippen molar-refractivity contribution in [1.82, 2.24) is 0 Å². The van der Waals surface area contributed by atoms with Crippen LogP contribution in [0.5, 0.6) is 0 Å². The summed E-state index contributed by atoms with van der Waals surface area (Å²) < 4.78 is 27.1. The average Bonchev–Trinajstić information content (AvgIpc) is 2.40. The van der Waals surface area contributed by atoms with E-state index in [-0.39, 0.29) is 5.41 Å². The lowest BCUT2D eigenvalue weighted by Crippen LogP contribution is -2.22. The Kier molecular flexibility index (Phi) is 5.71. The highest BCUT2D eigenvalue weighted by molar-refractivity contribution is 5.24. The first-order valence-corrected chi connectivity index (χ1v) is 7.01. The number of hydrogen-bond acceptors (Lipinski definition) is 0. The summed E-state index contributed by atoms with van der Waals surface area (Å²) in [7, 11) is 0. The fraction of sp³-hybridized carbons (Fsp3) is 0.529. The predicted molar refractivity (Wildman–Crippen MR) is 77.1 cm³/mol. The van der Waals surface area contributed by atoms with Crippen LogP contribution < -0.4 is 0 Å². The van der Waals surface area contributed by atoms with Crippen LogP contribution in [0.1, 0.15) is 52.5 Å². The van der Waals surface area contributed by atoms with Crippen molar-refractivity contribution in [1.29, 1.82) is 0 Å². The summed E-state index contributed by atoms with van der Waals surface area (Å²) in [6, 6.07) is 4.44. The van der Waals surface area contributed by atoms with Crippen LogP contribution in [0.3, 0.4) is 0 Å². The molecule has 1 aromatic carbocycles. The third-order valence-electron chi connectivity index (χ3n) is 4.08. The van der Waals surface area contributed by atoms with E-state index in [1.807, 2.05) is 6.92 Å². The maximum Gasteiger partial charge on any atom is 0.162 e. The van der Waals surface area contributed by atoms with Crippen molar-refractivity contribution in [3.8, 4) is 0 Å². The number of unbranched alkanes of at least 4 members (excludes halogenated alkanes) is 1. The molecule has 0 amide bonds. The van der Waals surface area contributed by atoms with Crippen LogP contribution in [-0.2, 0) is 6.42 Å². The second-order valence-corrected chi connectivity index (χ2v) is 5.53. The van der Waals surface area contributed by atoms with E-state index in [0.29, 0.717) is 12.0 Å². The van der Waals surface area contributed by atoms with Crippen molar-refractivity contribution in [2.75, 3.05) is 0 Å². The van der Waals surface area contributed by atoms with Gasteiger partial charge in [0, 0.05) is 0 Å². The van der Waals surface area contributed by atoms with Crippen LogP contribution in [0.15, 0.2) is 29.8 Å². The summed E-state index contributed by atoms with van der Waals surface area (Å²) in [6.45, 7) is 8.37. The topological polar surface area (TPSA) is 0 Å². The first-order chi connectivity index (χ1) is 8.94. The molecule has 0 bridgehead atoms. The van der Waals surface area contributed by atoms with Crippen LogP contribution in [0, 0.1) is 17.0 Å². The van der Waals surface area contributed by atoms with Crippen LogP contribution in [0.25, 0.3) is 0 Å². The van der Waals surface area contributed by atoms with Crippen molar-refractivity contribution in [2.24, 2.45) is 5.41 Å².